The Morgan fingerprint density at radius 2 is 1.86 bits per heavy atom. The second kappa shape index (κ2) is 15.2. The molecule has 0 radical (unpaired) electrons. The highest BCUT2D eigenvalue weighted by molar-refractivity contribution is 5.93. The molecule has 0 unspecified atom stereocenters. The normalized spacial score (nSPS) is 13.8. The second-order valence-electron chi connectivity index (χ2n) is 8.89. The number of nitrogens with one attached hydrogen (secondary N) is 2. The van der Waals surface area contributed by atoms with Crippen molar-refractivity contribution in [2.75, 3.05) is 32.6 Å². The summed E-state index contributed by atoms with van der Waals surface area (Å²) in [6.07, 6.45) is 11.1. The number of benzene rings is 1. The molecule has 2 N–H and O–H groups in total. The van der Waals surface area contributed by atoms with Crippen LogP contribution in [0.25, 0.3) is 22.2 Å². The third-order valence-corrected chi connectivity index (χ3v) is 5.72. The lowest BCUT2D eigenvalue weighted by Crippen LogP contribution is -2.13. The second-order valence-corrected chi connectivity index (χ2v) is 8.89. The van der Waals surface area contributed by atoms with Gasteiger partial charge >= 0.3 is 6.61 Å². The third-order valence-electron chi connectivity index (χ3n) is 5.72. The van der Waals surface area contributed by atoms with Gasteiger partial charge in [-0.2, -0.15) is 13.8 Å². The molecular weight excluding hydrogens is 448 g/mol. The summed E-state index contributed by atoms with van der Waals surface area (Å²) in [5, 5.41) is 3.76. The zero-order valence-corrected chi connectivity index (χ0v) is 21.2. The van der Waals surface area contributed by atoms with Gasteiger partial charge in [-0.15, -0.1) is 13.2 Å². The largest absolute Gasteiger partial charge is 0.352 e. The number of halogens is 2. The summed E-state index contributed by atoms with van der Waals surface area (Å²) in [6, 6.07) is 8.37. The lowest BCUT2D eigenvalue weighted by Gasteiger charge is -2.15. The molecule has 1 aromatic carbocycles. The molecule has 4 rings (SSSR count). The fourth-order valence-corrected chi connectivity index (χ4v) is 4.00. The number of rotatable bonds is 8. The van der Waals surface area contributed by atoms with Gasteiger partial charge in [0.15, 0.2) is 0 Å². The average molecular weight is 490 g/mol. The van der Waals surface area contributed by atoms with Crippen LogP contribution in [-0.4, -0.2) is 53.7 Å². The maximum absolute atomic E-state index is 11.9. The zero-order chi connectivity index (χ0) is 25.6. The van der Waals surface area contributed by atoms with Gasteiger partial charge in [-0.1, -0.05) is 63.3 Å². The number of ether oxygens (including phenoxy) is 1. The summed E-state index contributed by atoms with van der Waals surface area (Å²) < 4.78 is 28.0. The van der Waals surface area contributed by atoms with Crippen molar-refractivity contribution in [2.45, 2.75) is 52.2 Å². The third kappa shape index (κ3) is 9.74. The molecule has 0 amide bonds. The van der Waals surface area contributed by atoms with Crippen LogP contribution in [0, 0.1) is 5.92 Å². The van der Waals surface area contributed by atoms with Crippen LogP contribution in [-0.2, 0) is 11.3 Å². The Kier molecular flexibility index (Phi) is 12.3. The van der Waals surface area contributed by atoms with E-state index in [-0.39, 0.29) is 14.6 Å². The quantitative estimate of drug-likeness (QED) is 0.264. The van der Waals surface area contributed by atoms with Crippen LogP contribution < -0.4 is 5.32 Å². The van der Waals surface area contributed by atoms with Gasteiger partial charge in [0.05, 0.1) is 6.61 Å². The monoisotopic (exact) mass is 489 g/mol. The van der Waals surface area contributed by atoms with Crippen LogP contribution in [0.1, 0.15) is 46.0 Å². The molecule has 2 heterocycles. The summed E-state index contributed by atoms with van der Waals surface area (Å²) in [5.74, 6) is 1.40. The van der Waals surface area contributed by atoms with Crippen molar-refractivity contribution in [3.8, 4) is 11.1 Å². The number of fused-ring (bicyclic) bond motifs is 1. The number of H-pyrrole nitrogens is 1. The fraction of sp³-hybridized carbons (Fsp3) is 0.481. The van der Waals surface area contributed by atoms with Crippen molar-refractivity contribution in [3.05, 3.63) is 55.4 Å². The summed E-state index contributed by atoms with van der Waals surface area (Å²) in [7, 11) is 4.08. The van der Waals surface area contributed by atoms with Crippen LogP contribution in [0.15, 0.2) is 49.8 Å². The first-order valence-electron chi connectivity index (χ1n) is 12.1. The summed E-state index contributed by atoms with van der Waals surface area (Å²) in [6.45, 7) is 6.57. The van der Waals surface area contributed by atoms with Crippen LogP contribution in [0.5, 0.6) is 0 Å². The lowest BCUT2D eigenvalue weighted by molar-refractivity contribution is -0.125. The van der Waals surface area contributed by atoms with Gasteiger partial charge < -0.3 is 19.9 Å². The van der Waals surface area contributed by atoms with Crippen molar-refractivity contribution < 1.29 is 14.9 Å². The van der Waals surface area contributed by atoms with Crippen molar-refractivity contribution >= 4 is 17.0 Å². The Hall–Kier alpha value is -2.84. The SMILES string of the molecule is C=C.CC1CCCCC1.CN(C)Cc1ccc(-c2c[nH]c3nc(NCCOC(F)F)ncc23)cc1.[HH]. The van der Waals surface area contributed by atoms with Crippen molar-refractivity contribution in [1.82, 2.24) is 19.9 Å². The van der Waals surface area contributed by atoms with Crippen molar-refractivity contribution in [1.29, 1.82) is 0 Å². The van der Waals surface area contributed by atoms with E-state index in [4.69, 9.17) is 0 Å². The van der Waals surface area contributed by atoms with E-state index in [1.165, 1.54) is 37.7 Å². The van der Waals surface area contributed by atoms with Gasteiger partial charge in [0.25, 0.3) is 0 Å². The van der Waals surface area contributed by atoms with Crippen LogP contribution in [0.3, 0.4) is 0 Å². The molecule has 2 aromatic heterocycles. The number of anilines is 1. The summed E-state index contributed by atoms with van der Waals surface area (Å²) in [5.41, 5.74) is 4.02. The molecular formula is C27H41F2N5O. The molecule has 1 aliphatic rings. The van der Waals surface area contributed by atoms with Crippen molar-refractivity contribution in [3.63, 3.8) is 0 Å². The molecule has 1 saturated carbocycles. The highest BCUT2D eigenvalue weighted by atomic mass is 19.3. The maximum Gasteiger partial charge on any atom is 0.345 e. The van der Waals surface area contributed by atoms with E-state index in [2.05, 4.69) is 74.3 Å². The van der Waals surface area contributed by atoms with E-state index in [9.17, 15) is 8.78 Å². The minimum Gasteiger partial charge on any atom is -0.352 e. The van der Waals surface area contributed by atoms with Crippen LogP contribution >= 0.6 is 0 Å². The Morgan fingerprint density at radius 3 is 2.43 bits per heavy atom. The molecule has 0 bridgehead atoms. The molecule has 194 valence electrons. The molecule has 0 saturated heterocycles. The molecule has 0 spiro atoms. The van der Waals surface area contributed by atoms with Crippen LogP contribution in [0.4, 0.5) is 14.7 Å². The molecule has 3 aromatic rings. The molecule has 1 fully saturated rings. The van der Waals surface area contributed by atoms with E-state index in [1.54, 1.807) is 6.20 Å². The molecule has 1 aliphatic carbocycles. The Labute approximate surface area is 209 Å². The smallest absolute Gasteiger partial charge is 0.345 e. The zero-order valence-electron chi connectivity index (χ0n) is 21.2. The summed E-state index contributed by atoms with van der Waals surface area (Å²) in [4.78, 5) is 13.9. The molecule has 0 atom stereocenters. The van der Waals surface area contributed by atoms with E-state index in [0.717, 1.165) is 29.0 Å². The average Bonchev–Trinajstić information content (AvgIpc) is 3.27. The number of hydrogen-bond acceptors (Lipinski definition) is 5. The standard InChI is InChI=1S/C18H21F2N5O.C7H14.C2H4.H2/c1-25(2)11-12-3-5-13(6-4-12)14-9-22-16-15(14)10-23-18(24-16)21-7-8-26-17(19)20;1-7-5-3-2-4-6-7;1-2;/h3-6,9-10,17H,7-8,11H2,1-2H3,(H2,21,22,23,24);7H,2-6H2,1H3;1-2H2;1H. The van der Waals surface area contributed by atoms with E-state index in [1.807, 2.05) is 20.3 Å². The first-order valence-corrected chi connectivity index (χ1v) is 12.1. The maximum atomic E-state index is 11.9. The molecule has 35 heavy (non-hydrogen) atoms. The number of aromatic amines is 1. The minimum atomic E-state index is -2.77. The number of nitrogens with zero attached hydrogens (tertiary/aromatic N) is 3. The van der Waals surface area contributed by atoms with Crippen LogP contribution in [0.2, 0.25) is 0 Å². The first-order chi connectivity index (χ1) is 16.9. The highest BCUT2D eigenvalue weighted by Crippen LogP contribution is 2.28. The van der Waals surface area contributed by atoms with Crippen molar-refractivity contribution in [2.24, 2.45) is 5.92 Å². The minimum absolute atomic E-state index is 0. The topological polar surface area (TPSA) is 66.1 Å². The number of alkyl halides is 2. The van der Waals surface area contributed by atoms with Gasteiger partial charge in [-0.3, -0.25) is 0 Å². The highest BCUT2D eigenvalue weighted by Gasteiger charge is 2.10. The Morgan fingerprint density at radius 1 is 1.17 bits per heavy atom. The number of aromatic nitrogens is 3. The molecule has 0 aliphatic heterocycles. The van der Waals surface area contributed by atoms with Gasteiger partial charge in [-0.05, 0) is 31.1 Å². The fourth-order valence-electron chi connectivity index (χ4n) is 4.00. The number of hydrogen-bond donors (Lipinski definition) is 2. The van der Waals surface area contributed by atoms with E-state index in [0.29, 0.717) is 11.6 Å². The summed E-state index contributed by atoms with van der Waals surface area (Å²) >= 11 is 0. The molecule has 6 nitrogen and oxygen atoms in total. The van der Waals surface area contributed by atoms with Gasteiger partial charge in [0.2, 0.25) is 5.95 Å². The Balaban J connectivity index is 0.000000553. The van der Waals surface area contributed by atoms with Gasteiger partial charge in [0.1, 0.15) is 5.65 Å². The first kappa shape index (κ1) is 28.4. The van der Waals surface area contributed by atoms with Gasteiger partial charge in [-0.25, -0.2) is 4.98 Å². The lowest BCUT2D eigenvalue weighted by atomic mass is 9.91. The van der Waals surface area contributed by atoms with E-state index >= 15 is 0 Å². The van der Waals surface area contributed by atoms with E-state index < -0.39 is 6.61 Å². The van der Waals surface area contributed by atoms with Gasteiger partial charge in [0, 0.05) is 37.9 Å². The predicted molar refractivity (Wildman–Crippen MR) is 143 cm³/mol. The molecule has 8 heteroatoms. The Bertz CT molecular complexity index is 991. The predicted octanol–water partition coefficient (Wildman–Crippen LogP) is 6.97.